The van der Waals surface area contributed by atoms with Gasteiger partial charge in [0.25, 0.3) is 0 Å². The van der Waals surface area contributed by atoms with Crippen LogP contribution in [-0.4, -0.2) is 117 Å². The number of hydrogen-bond donors (Lipinski definition) is 6. The zero-order valence-electron chi connectivity index (χ0n) is 24.7. The number of hydrogen-bond acceptors (Lipinski definition) is 12. The maximum absolute atomic E-state index is 12.3. The highest BCUT2D eigenvalue weighted by atomic mass is 16.8. The quantitative estimate of drug-likeness (QED) is 0.186. The minimum absolute atomic E-state index is 0.209. The lowest BCUT2D eigenvalue weighted by atomic mass is 9.97. The number of carbonyl (C=O) groups is 1. The minimum atomic E-state index is -1.73. The van der Waals surface area contributed by atoms with Gasteiger partial charge in [-0.1, -0.05) is 50.7 Å². The van der Waals surface area contributed by atoms with Crippen molar-refractivity contribution in [3.63, 3.8) is 0 Å². The molecule has 12 heteroatoms. The topological polar surface area (TPSA) is 185 Å². The number of esters is 1. The second-order valence-corrected chi connectivity index (χ2v) is 11.7. The minimum Gasteiger partial charge on any atom is -0.463 e. The lowest BCUT2D eigenvalue weighted by Crippen LogP contribution is -2.65. The molecule has 12 nitrogen and oxygen atoms in total. The molecule has 0 saturated carbocycles. The van der Waals surface area contributed by atoms with Gasteiger partial charge >= 0.3 is 5.97 Å². The molecule has 3 aliphatic rings. The summed E-state index contributed by atoms with van der Waals surface area (Å²) in [7, 11) is 0. The normalized spacial score (nSPS) is 42.2. The average molecular weight is 605 g/mol. The van der Waals surface area contributed by atoms with E-state index in [2.05, 4.69) is 12.2 Å². The Morgan fingerprint density at radius 3 is 2.02 bits per heavy atom. The summed E-state index contributed by atoms with van der Waals surface area (Å²) in [5.41, 5.74) is 0. The second kappa shape index (κ2) is 18.6. The number of carbonyl (C=O) groups excluding carboxylic acids is 1. The first-order chi connectivity index (χ1) is 20.2. The van der Waals surface area contributed by atoms with E-state index in [0.29, 0.717) is 12.8 Å². The molecule has 2 saturated heterocycles. The number of rotatable bonds is 1. The molecule has 42 heavy (non-hydrogen) atoms. The lowest BCUT2D eigenvalue weighted by Gasteiger charge is -2.46. The van der Waals surface area contributed by atoms with Crippen LogP contribution in [0.2, 0.25) is 0 Å². The molecule has 6 N–H and O–H groups in total. The molecule has 0 spiro atoms. The lowest BCUT2D eigenvalue weighted by molar-refractivity contribution is -0.371. The SMILES string of the molecule is CC1CCCCCC/C=C\CCCCCCCC(=O)OC[C@H]2O[C@@H](O[C@H]3[C@H](O1)O[C@H](CO)[C@@H](O)[C@@H]3O)[C@H](O)[C@@H](O)[C@@H]2O. The van der Waals surface area contributed by atoms with E-state index in [1.54, 1.807) is 0 Å². The summed E-state index contributed by atoms with van der Waals surface area (Å²) in [5.74, 6) is -0.468. The van der Waals surface area contributed by atoms with E-state index in [1.165, 1.54) is 0 Å². The molecule has 244 valence electrons. The van der Waals surface area contributed by atoms with Gasteiger partial charge in [-0.15, -0.1) is 0 Å². The molecule has 0 radical (unpaired) electrons. The predicted molar refractivity (Wildman–Crippen MR) is 150 cm³/mol. The van der Waals surface area contributed by atoms with Gasteiger partial charge < -0.3 is 54.3 Å². The maximum atomic E-state index is 12.3. The van der Waals surface area contributed by atoms with E-state index in [-0.39, 0.29) is 19.1 Å². The summed E-state index contributed by atoms with van der Waals surface area (Å²) in [4.78, 5) is 12.3. The highest BCUT2D eigenvalue weighted by molar-refractivity contribution is 5.69. The van der Waals surface area contributed by atoms with Gasteiger partial charge in [0.15, 0.2) is 12.6 Å². The Morgan fingerprint density at radius 2 is 1.33 bits per heavy atom. The fourth-order valence-corrected chi connectivity index (χ4v) is 5.52. The monoisotopic (exact) mass is 604 g/mol. The van der Waals surface area contributed by atoms with Gasteiger partial charge in [0, 0.05) is 6.42 Å². The van der Waals surface area contributed by atoms with Crippen LogP contribution in [0, 0.1) is 0 Å². The highest BCUT2D eigenvalue weighted by Crippen LogP contribution is 2.31. The zero-order valence-corrected chi connectivity index (χ0v) is 24.7. The predicted octanol–water partition coefficient (Wildman–Crippen LogP) is 1.21. The van der Waals surface area contributed by atoms with Gasteiger partial charge in [-0.3, -0.25) is 4.79 Å². The van der Waals surface area contributed by atoms with Gasteiger partial charge in [0.2, 0.25) is 0 Å². The Labute approximate surface area is 248 Å². The Bertz CT molecular complexity index is 796. The first kappa shape index (κ1) is 35.3. The van der Waals surface area contributed by atoms with Gasteiger partial charge in [-0.25, -0.2) is 0 Å². The molecule has 2 bridgehead atoms. The summed E-state index contributed by atoms with van der Waals surface area (Å²) < 4.78 is 28.6. The van der Waals surface area contributed by atoms with Crippen molar-refractivity contribution in [2.75, 3.05) is 13.2 Å². The largest absolute Gasteiger partial charge is 0.463 e. The van der Waals surface area contributed by atoms with E-state index >= 15 is 0 Å². The van der Waals surface area contributed by atoms with Crippen molar-refractivity contribution in [3.05, 3.63) is 12.2 Å². The van der Waals surface area contributed by atoms with Crippen LogP contribution in [0.4, 0.5) is 0 Å². The van der Waals surface area contributed by atoms with Crippen LogP contribution in [0.15, 0.2) is 12.2 Å². The van der Waals surface area contributed by atoms with Crippen LogP contribution in [0.1, 0.15) is 90.4 Å². The Balaban J connectivity index is 1.70. The third kappa shape index (κ3) is 10.8. The highest BCUT2D eigenvalue weighted by Gasteiger charge is 2.51. The van der Waals surface area contributed by atoms with Crippen molar-refractivity contribution >= 4 is 5.97 Å². The molecule has 11 atom stereocenters. The van der Waals surface area contributed by atoms with Crippen molar-refractivity contribution in [3.8, 4) is 0 Å². The van der Waals surface area contributed by atoms with Crippen molar-refractivity contribution in [1.82, 2.24) is 0 Å². The van der Waals surface area contributed by atoms with Crippen LogP contribution < -0.4 is 0 Å². The van der Waals surface area contributed by atoms with E-state index in [0.717, 1.165) is 64.2 Å². The number of ether oxygens (including phenoxy) is 5. The van der Waals surface area contributed by atoms with Gasteiger partial charge in [0.05, 0.1) is 12.7 Å². The summed E-state index contributed by atoms with van der Waals surface area (Å²) in [6.45, 7) is 0.889. The smallest absolute Gasteiger partial charge is 0.305 e. The third-order valence-corrected chi connectivity index (χ3v) is 8.21. The number of allylic oxidation sites excluding steroid dienone is 2. The first-order valence-corrected chi connectivity index (χ1v) is 15.7. The molecule has 1 unspecified atom stereocenters. The van der Waals surface area contributed by atoms with Crippen LogP contribution in [0.3, 0.4) is 0 Å². The standard InChI is InChI=1S/C30H52O12/c1-19-15-13-11-9-7-5-3-2-4-6-8-10-12-14-16-22(32)38-18-21-24(34)25(35)27(37)29(41-21)42-28-26(36)23(33)20(17-31)40-30(28)39-19/h2-3,19-21,23-31,33-37H,4-18H2,1H3/b3-2-/t19?,20-,21-,23-,24-,25+,26+,27-,28-,29+,30-/m1/s1. The van der Waals surface area contributed by atoms with Gasteiger partial charge in [-0.2, -0.15) is 0 Å². The molecule has 0 amide bonds. The fraction of sp³-hybridized carbons (Fsp3) is 0.900. The molecular formula is C30H52O12. The zero-order chi connectivity index (χ0) is 30.5. The number of fused-ring (bicyclic) bond motifs is 3. The van der Waals surface area contributed by atoms with Crippen molar-refractivity contribution in [2.24, 2.45) is 0 Å². The third-order valence-electron chi connectivity index (χ3n) is 8.21. The van der Waals surface area contributed by atoms with E-state index in [4.69, 9.17) is 23.7 Å². The van der Waals surface area contributed by atoms with E-state index in [1.807, 2.05) is 6.92 Å². The average Bonchev–Trinajstić information content (AvgIpc) is 2.97. The number of aliphatic hydroxyl groups is 6. The van der Waals surface area contributed by atoms with Crippen molar-refractivity contribution in [1.29, 1.82) is 0 Å². The first-order valence-electron chi connectivity index (χ1n) is 15.7. The van der Waals surface area contributed by atoms with Crippen molar-refractivity contribution in [2.45, 2.75) is 158 Å². The van der Waals surface area contributed by atoms with Crippen LogP contribution >= 0.6 is 0 Å². The molecule has 0 aromatic heterocycles. The van der Waals surface area contributed by atoms with Crippen molar-refractivity contribution < 1.29 is 59.1 Å². The van der Waals surface area contributed by atoms with Crippen LogP contribution in [0.25, 0.3) is 0 Å². The van der Waals surface area contributed by atoms with Gasteiger partial charge in [-0.05, 0) is 45.4 Å². The number of cyclic esters (lactones) is 1. The molecule has 0 aromatic carbocycles. The Hall–Kier alpha value is -1.19. The van der Waals surface area contributed by atoms with E-state index < -0.39 is 74.0 Å². The molecule has 0 aromatic rings. The van der Waals surface area contributed by atoms with Crippen LogP contribution in [0.5, 0.6) is 0 Å². The second-order valence-electron chi connectivity index (χ2n) is 11.7. The molecule has 3 heterocycles. The molecule has 2 fully saturated rings. The summed E-state index contributed by atoms with van der Waals surface area (Å²) in [6, 6.07) is 0. The van der Waals surface area contributed by atoms with Gasteiger partial charge in [0.1, 0.15) is 55.4 Å². The molecule has 3 aliphatic heterocycles. The van der Waals surface area contributed by atoms with E-state index in [9.17, 15) is 35.4 Å². The Kier molecular flexibility index (Phi) is 15.6. The number of aliphatic hydroxyl groups excluding tert-OH is 6. The summed E-state index contributed by atoms with van der Waals surface area (Å²) in [5, 5.41) is 62.6. The molecule has 3 rings (SSSR count). The Morgan fingerprint density at radius 1 is 0.690 bits per heavy atom. The molecule has 0 aliphatic carbocycles. The summed E-state index contributed by atoms with van der Waals surface area (Å²) in [6.07, 6.45) is 1.46. The molecular weight excluding hydrogens is 552 g/mol. The fourth-order valence-electron chi connectivity index (χ4n) is 5.52. The van der Waals surface area contributed by atoms with Crippen LogP contribution in [-0.2, 0) is 28.5 Å². The maximum Gasteiger partial charge on any atom is 0.305 e. The summed E-state index contributed by atoms with van der Waals surface area (Å²) >= 11 is 0.